The van der Waals surface area contributed by atoms with E-state index in [-0.39, 0.29) is 24.5 Å². The molecule has 7 nitrogen and oxygen atoms in total. The predicted octanol–water partition coefficient (Wildman–Crippen LogP) is 1.57. The molecule has 22 heavy (non-hydrogen) atoms. The molecule has 0 bridgehead atoms. The number of amides is 2. The van der Waals surface area contributed by atoms with Crippen LogP contribution in [0.2, 0.25) is 0 Å². The Bertz CT molecular complexity index is 422. The number of rotatable bonds is 4. The zero-order valence-corrected chi connectivity index (χ0v) is 13.8. The average molecular weight is 314 g/mol. The maximum absolute atomic E-state index is 11.9. The maximum atomic E-state index is 11.9. The van der Waals surface area contributed by atoms with Crippen molar-refractivity contribution in [2.24, 2.45) is 5.92 Å². The van der Waals surface area contributed by atoms with Crippen molar-refractivity contribution < 1.29 is 24.2 Å². The monoisotopic (exact) mass is 314 g/mol. The first-order valence-corrected chi connectivity index (χ1v) is 7.52. The van der Waals surface area contributed by atoms with E-state index in [1.165, 1.54) is 11.9 Å². The molecule has 1 N–H and O–H groups in total. The van der Waals surface area contributed by atoms with Crippen molar-refractivity contribution in [1.82, 2.24) is 9.80 Å². The number of likely N-dealkylation sites (tertiary alicyclic amines) is 1. The fourth-order valence-corrected chi connectivity index (χ4v) is 2.34. The lowest BCUT2D eigenvalue weighted by atomic mass is 9.93. The summed E-state index contributed by atoms with van der Waals surface area (Å²) in [5.74, 6) is -1.00. The van der Waals surface area contributed by atoms with E-state index in [1.807, 2.05) is 20.8 Å². The molecule has 1 saturated heterocycles. The van der Waals surface area contributed by atoms with Gasteiger partial charge < -0.3 is 19.6 Å². The SMILES string of the molecule is CN(CC(=O)O)C(=O)CC1CCN(C(=O)OC(C)(C)C)CC1. The smallest absolute Gasteiger partial charge is 0.410 e. The van der Waals surface area contributed by atoms with Crippen molar-refractivity contribution in [2.45, 2.75) is 45.6 Å². The highest BCUT2D eigenvalue weighted by molar-refractivity contribution is 5.81. The van der Waals surface area contributed by atoms with E-state index in [2.05, 4.69) is 0 Å². The molecular formula is C15H26N2O5. The summed E-state index contributed by atoms with van der Waals surface area (Å²) in [5, 5.41) is 8.68. The molecule has 0 unspecified atom stereocenters. The zero-order chi connectivity index (χ0) is 16.9. The van der Waals surface area contributed by atoms with Crippen LogP contribution >= 0.6 is 0 Å². The Morgan fingerprint density at radius 3 is 2.23 bits per heavy atom. The summed E-state index contributed by atoms with van der Waals surface area (Å²) >= 11 is 0. The number of carbonyl (C=O) groups excluding carboxylic acids is 2. The Morgan fingerprint density at radius 1 is 1.23 bits per heavy atom. The zero-order valence-electron chi connectivity index (χ0n) is 13.8. The molecule has 2 amide bonds. The second kappa shape index (κ2) is 7.47. The minimum absolute atomic E-state index is 0.168. The molecule has 0 aromatic heterocycles. The van der Waals surface area contributed by atoms with Crippen LogP contribution in [-0.2, 0) is 14.3 Å². The normalized spacial score (nSPS) is 16.3. The molecule has 0 aliphatic carbocycles. The van der Waals surface area contributed by atoms with Crippen molar-refractivity contribution in [1.29, 1.82) is 0 Å². The molecule has 0 saturated carbocycles. The number of nitrogens with zero attached hydrogens (tertiary/aromatic N) is 2. The van der Waals surface area contributed by atoms with Gasteiger partial charge in [-0.3, -0.25) is 9.59 Å². The molecule has 1 aliphatic heterocycles. The van der Waals surface area contributed by atoms with Gasteiger partial charge in [0.05, 0.1) is 0 Å². The van der Waals surface area contributed by atoms with Crippen molar-refractivity contribution >= 4 is 18.0 Å². The molecule has 0 radical (unpaired) electrons. The average Bonchev–Trinajstić information content (AvgIpc) is 2.36. The van der Waals surface area contributed by atoms with Gasteiger partial charge >= 0.3 is 12.1 Å². The molecule has 1 aliphatic rings. The second-order valence-corrected chi connectivity index (χ2v) is 6.76. The highest BCUT2D eigenvalue weighted by Gasteiger charge is 2.28. The quantitative estimate of drug-likeness (QED) is 0.851. The van der Waals surface area contributed by atoms with Crippen LogP contribution in [0.4, 0.5) is 4.79 Å². The molecule has 0 spiro atoms. The van der Waals surface area contributed by atoms with Crippen LogP contribution in [-0.4, -0.2) is 65.2 Å². The molecule has 1 rings (SSSR count). The predicted molar refractivity (Wildman–Crippen MR) is 80.4 cm³/mol. The van der Waals surface area contributed by atoms with Gasteiger partial charge in [0.2, 0.25) is 5.91 Å². The summed E-state index contributed by atoms with van der Waals surface area (Å²) in [6.45, 7) is 6.33. The third-order valence-corrected chi connectivity index (χ3v) is 3.53. The van der Waals surface area contributed by atoms with Crippen LogP contribution in [0.3, 0.4) is 0 Å². The summed E-state index contributed by atoms with van der Waals surface area (Å²) in [7, 11) is 1.49. The lowest BCUT2D eigenvalue weighted by Gasteiger charge is -2.33. The Morgan fingerprint density at radius 2 is 1.77 bits per heavy atom. The highest BCUT2D eigenvalue weighted by Crippen LogP contribution is 2.22. The third-order valence-electron chi connectivity index (χ3n) is 3.53. The summed E-state index contributed by atoms with van der Waals surface area (Å²) in [6.07, 6.45) is 1.46. The topological polar surface area (TPSA) is 87.2 Å². The van der Waals surface area contributed by atoms with Crippen LogP contribution < -0.4 is 0 Å². The van der Waals surface area contributed by atoms with Crippen molar-refractivity contribution in [3.63, 3.8) is 0 Å². The van der Waals surface area contributed by atoms with Gasteiger partial charge in [-0.2, -0.15) is 0 Å². The van der Waals surface area contributed by atoms with E-state index >= 15 is 0 Å². The molecule has 126 valence electrons. The summed E-state index contributed by atoms with van der Waals surface area (Å²) < 4.78 is 5.32. The minimum atomic E-state index is -1.02. The fourth-order valence-electron chi connectivity index (χ4n) is 2.34. The van der Waals surface area contributed by atoms with Gasteiger partial charge in [-0.25, -0.2) is 4.79 Å². The molecule has 0 atom stereocenters. The highest BCUT2D eigenvalue weighted by atomic mass is 16.6. The minimum Gasteiger partial charge on any atom is -0.480 e. The molecule has 1 heterocycles. The van der Waals surface area contributed by atoms with E-state index in [0.29, 0.717) is 19.5 Å². The number of piperidine rings is 1. The maximum Gasteiger partial charge on any atom is 0.410 e. The van der Waals surface area contributed by atoms with Crippen molar-refractivity contribution in [2.75, 3.05) is 26.7 Å². The van der Waals surface area contributed by atoms with Gasteiger partial charge in [-0.05, 0) is 39.5 Å². The molecule has 0 aromatic rings. The Balaban J connectivity index is 2.38. The lowest BCUT2D eigenvalue weighted by Crippen LogP contribution is -2.42. The van der Waals surface area contributed by atoms with Gasteiger partial charge in [0.1, 0.15) is 12.1 Å². The fraction of sp³-hybridized carbons (Fsp3) is 0.800. The molecule has 0 aromatic carbocycles. The van der Waals surface area contributed by atoms with Crippen LogP contribution in [0.1, 0.15) is 40.0 Å². The van der Waals surface area contributed by atoms with E-state index in [1.54, 1.807) is 4.90 Å². The van der Waals surface area contributed by atoms with Crippen molar-refractivity contribution in [3.8, 4) is 0 Å². The second-order valence-electron chi connectivity index (χ2n) is 6.76. The van der Waals surface area contributed by atoms with E-state index in [9.17, 15) is 14.4 Å². The van der Waals surface area contributed by atoms with Gasteiger partial charge in [0.15, 0.2) is 0 Å². The molecule has 7 heteroatoms. The van der Waals surface area contributed by atoms with Crippen LogP contribution in [0.5, 0.6) is 0 Å². The van der Waals surface area contributed by atoms with Crippen LogP contribution in [0.25, 0.3) is 0 Å². The number of carboxylic acids is 1. The summed E-state index contributed by atoms with van der Waals surface area (Å²) in [6, 6.07) is 0. The number of carboxylic acid groups (broad SMARTS) is 1. The third kappa shape index (κ3) is 6.32. The van der Waals surface area contributed by atoms with Crippen LogP contribution in [0.15, 0.2) is 0 Å². The first-order chi connectivity index (χ1) is 10.1. The van der Waals surface area contributed by atoms with E-state index in [4.69, 9.17) is 9.84 Å². The number of likely N-dealkylation sites (N-methyl/N-ethyl adjacent to an activating group) is 1. The van der Waals surface area contributed by atoms with E-state index < -0.39 is 11.6 Å². The van der Waals surface area contributed by atoms with Gasteiger partial charge in [-0.15, -0.1) is 0 Å². The first-order valence-electron chi connectivity index (χ1n) is 7.52. The summed E-state index contributed by atoms with van der Waals surface area (Å²) in [4.78, 5) is 37.3. The van der Waals surface area contributed by atoms with Gasteiger partial charge in [0, 0.05) is 26.6 Å². The van der Waals surface area contributed by atoms with Crippen LogP contribution in [0, 0.1) is 5.92 Å². The molecule has 1 fully saturated rings. The standard InChI is InChI=1S/C15H26N2O5/c1-15(2,3)22-14(21)17-7-5-11(6-8-17)9-12(18)16(4)10-13(19)20/h11H,5-10H2,1-4H3,(H,19,20). The Kier molecular flexibility index (Phi) is 6.20. The largest absolute Gasteiger partial charge is 0.480 e. The number of ether oxygens (including phenoxy) is 1. The van der Waals surface area contributed by atoms with Crippen molar-refractivity contribution in [3.05, 3.63) is 0 Å². The number of carbonyl (C=O) groups is 3. The number of hydrogen-bond acceptors (Lipinski definition) is 4. The van der Waals surface area contributed by atoms with E-state index in [0.717, 1.165) is 12.8 Å². The Labute approximate surface area is 131 Å². The molecular weight excluding hydrogens is 288 g/mol. The lowest BCUT2D eigenvalue weighted by molar-refractivity contribution is -0.143. The number of aliphatic carboxylic acids is 1. The Hall–Kier alpha value is -1.79. The van der Waals surface area contributed by atoms with Gasteiger partial charge in [0.25, 0.3) is 0 Å². The van der Waals surface area contributed by atoms with Gasteiger partial charge in [-0.1, -0.05) is 0 Å². The summed E-state index contributed by atoms with van der Waals surface area (Å²) in [5.41, 5.74) is -0.510. The number of hydrogen-bond donors (Lipinski definition) is 1. The first kappa shape index (κ1) is 18.3.